The number of phenols is 1. The first-order valence-corrected chi connectivity index (χ1v) is 11.5. The van der Waals surface area contributed by atoms with Crippen LogP contribution in [0.5, 0.6) is 11.5 Å². The van der Waals surface area contributed by atoms with Crippen molar-refractivity contribution in [2.24, 2.45) is 0 Å². The minimum Gasteiger partial charge on any atom is -0.508 e. The van der Waals surface area contributed by atoms with Crippen LogP contribution in [0.15, 0.2) is 79.0 Å². The molecule has 5 rings (SSSR count). The number of aryl methyl sites for hydroxylation is 1. The number of ether oxygens (including phenoxy) is 1. The first kappa shape index (κ1) is 22.0. The molecule has 0 aliphatic carbocycles. The molecule has 2 atom stereocenters. The molecule has 1 aliphatic rings. The van der Waals surface area contributed by atoms with Gasteiger partial charge < -0.3 is 24.6 Å². The van der Waals surface area contributed by atoms with E-state index in [2.05, 4.69) is 45.7 Å². The molecule has 2 N–H and O–H groups in total. The average molecular weight is 471 g/mol. The highest BCUT2D eigenvalue weighted by Crippen LogP contribution is 2.44. The molecule has 1 fully saturated rings. The van der Waals surface area contributed by atoms with E-state index in [1.807, 2.05) is 48.5 Å². The molecule has 172 valence electrons. The van der Waals surface area contributed by atoms with Crippen LogP contribution < -0.4 is 15.0 Å². The van der Waals surface area contributed by atoms with E-state index in [1.165, 1.54) is 0 Å². The van der Waals surface area contributed by atoms with E-state index in [9.17, 15) is 5.11 Å². The molecule has 2 aromatic carbocycles. The van der Waals surface area contributed by atoms with Gasteiger partial charge in [-0.15, -0.1) is 0 Å². The molecule has 7 heteroatoms. The lowest BCUT2D eigenvalue weighted by atomic mass is 9.96. The minimum absolute atomic E-state index is 0.127. The molecule has 6 nitrogen and oxygen atoms in total. The lowest BCUT2D eigenvalue weighted by Crippen LogP contribution is -2.29. The van der Waals surface area contributed by atoms with Crippen LogP contribution in [0.1, 0.15) is 34.7 Å². The van der Waals surface area contributed by atoms with Crippen LogP contribution in [0.4, 0.5) is 5.69 Å². The molecular formula is C27H26N4O2S. The highest BCUT2D eigenvalue weighted by Gasteiger charge is 2.42. The summed E-state index contributed by atoms with van der Waals surface area (Å²) in [7, 11) is 1.68. The highest BCUT2D eigenvalue weighted by molar-refractivity contribution is 7.80. The zero-order valence-electron chi connectivity index (χ0n) is 19.3. The number of nitrogens with zero attached hydrogens (tertiary/aromatic N) is 3. The highest BCUT2D eigenvalue weighted by atomic mass is 32.1. The summed E-state index contributed by atoms with van der Waals surface area (Å²) in [5.74, 6) is 1.03. The molecule has 0 bridgehead atoms. The van der Waals surface area contributed by atoms with E-state index in [4.69, 9.17) is 17.0 Å². The third-order valence-electron chi connectivity index (χ3n) is 6.33. The lowest BCUT2D eigenvalue weighted by Gasteiger charge is -2.28. The first-order chi connectivity index (χ1) is 16.5. The van der Waals surface area contributed by atoms with Gasteiger partial charge in [0.1, 0.15) is 11.5 Å². The standard InChI is InChI=1S/C27H26N4O2S/c1-17-15-23(18(2)30(17)20-7-6-8-22(16-20)33-3)26-25(24-9-4-5-14-28-24)29-27(34)31(26)19-10-12-21(32)13-11-19/h4-16,25-26,32H,1-3H3,(H,29,34)/t25-,26+/m0/s1. The molecule has 3 heterocycles. The second kappa shape index (κ2) is 8.83. The Morgan fingerprint density at radius 3 is 2.47 bits per heavy atom. The molecular weight excluding hydrogens is 444 g/mol. The zero-order chi connectivity index (χ0) is 23.8. The maximum absolute atomic E-state index is 9.84. The molecule has 34 heavy (non-hydrogen) atoms. The molecule has 0 radical (unpaired) electrons. The van der Waals surface area contributed by atoms with Crippen LogP contribution in [-0.4, -0.2) is 26.9 Å². The maximum Gasteiger partial charge on any atom is 0.174 e. The summed E-state index contributed by atoms with van der Waals surface area (Å²) >= 11 is 5.82. The monoisotopic (exact) mass is 470 g/mol. The van der Waals surface area contributed by atoms with Crippen molar-refractivity contribution in [3.05, 3.63) is 102 Å². The summed E-state index contributed by atoms with van der Waals surface area (Å²) in [6.45, 7) is 4.24. The summed E-state index contributed by atoms with van der Waals surface area (Å²) in [6.07, 6.45) is 1.81. The second-order valence-corrected chi connectivity index (χ2v) is 8.76. The van der Waals surface area contributed by atoms with Crippen molar-refractivity contribution in [1.82, 2.24) is 14.9 Å². The van der Waals surface area contributed by atoms with Crippen LogP contribution in [0.3, 0.4) is 0 Å². The largest absolute Gasteiger partial charge is 0.508 e. The number of hydrogen-bond acceptors (Lipinski definition) is 4. The van der Waals surface area contributed by atoms with Gasteiger partial charge in [-0.05, 0) is 86.2 Å². The molecule has 0 amide bonds. The summed E-state index contributed by atoms with van der Waals surface area (Å²) in [5.41, 5.74) is 6.25. The smallest absolute Gasteiger partial charge is 0.174 e. The van der Waals surface area contributed by atoms with Crippen LogP contribution >= 0.6 is 12.2 Å². The fraction of sp³-hybridized carbons (Fsp3) is 0.185. The number of anilines is 1. The number of nitrogens with one attached hydrogen (secondary N) is 1. The van der Waals surface area contributed by atoms with Gasteiger partial charge in [-0.25, -0.2) is 0 Å². The van der Waals surface area contributed by atoms with Crippen LogP contribution in [0, 0.1) is 13.8 Å². The van der Waals surface area contributed by atoms with Crippen molar-refractivity contribution < 1.29 is 9.84 Å². The van der Waals surface area contributed by atoms with Gasteiger partial charge in [-0.3, -0.25) is 4.98 Å². The van der Waals surface area contributed by atoms with Gasteiger partial charge in [0.2, 0.25) is 0 Å². The van der Waals surface area contributed by atoms with Crippen LogP contribution in [-0.2, 0) is 0 Å². The van der Waals surface area contributed by atoms with Gasteiger partial charge in [0, 0.05) is 35.0 Å². The number of thiocarbonyl (C=S) groups is 1. The predicted octanol–water partition coefficient (Wildman–Crippen LogP) is 5.38. The van der Waals surface area contributed by atoms with Gasteiger partial charge in [0.25, 0.3) is 0 Å². The molecule has 1 aliphatic heterocycles. The van der Waals surface area contributed by atoms with Gasteiger partial charge >= 0.3 is 0 Å². The quantitative estimate of drug-likeness (QED) is 0.382. The van der Waals surface area contributed by atoms with E-state index in [1.54, 1.807) is 25.4 Å². The number of rotatable bonds is 5. The third kappa shape index (κ3) is 3.78. The minimum atomic E-state index is -0.137. The third-order valence-corrected chi connectivity index (χ3v) is 6.64. The summed E-state index contributed by atoms with van der Waals surface area (Å²) in [5, 5.41) is 14.0. The second-order valence-electron chi connectivity index (χ2n) is 8.38. The van der Waals surface area contributed by atoms with E-state index >= 15 is 0 Å². The van der Waals surface area contributed by atoms with Gasteiger partial charge in [0.05, 0.1) is 24.9 Å². The van der Waals surface area contributed by atoms with E-state index in [0.717, 1.165) is 39.8 Å². The van der Waals surface area contributed by atoms with Crippen molar-refractivity contribution in [1.29, 1.82) is 0 Å². The number of hydrogen-bond donors (Lipinski definition) is 2. The Kier molecular flexibility index (Phi) is 5.71. The maximum atomic E-state index is 9.84. The molecule has 1 saturated heterocycles. The fourth-order valence-corrected chi connectivity index (χ4v) is 5.14. The Labute approximate surface area is 204 Å². The summed E-state index contributed by atoms with van der Waals surface area (Å²) in [4.78, 5) is 6.76. The van der Waals surface area contributed by atoms with Crippen molar-refractivity contribution >= 4 is 23.0 Å². The first-order valence-electron chi connectivity index (χ1n) is 11.1. The SMILES string of the molecule is COc1cccc(-n2c(C)cc([C@@H]3[C@H](c4ccccn4)NC(=S)N3c3ccc(O)cc3)c2C)c1. The van der Waals surface area contributed by atoms with E-state index in [-0.39, 0.29) is 17.8 Å². The normalized spacial score (nSPS) is 17.6. The van der Waals surface area contributed by atoms with Crippen molar-refractivity contribution in [2.75, 3.05) is 12.0 Å². The summed E-state index contributed by atoms with van der Waals surface area (Å²) in [6, 6.07) is 23.1. The Balaban J connectivity index is 1.67. The molecule has 4 aromatic rings. The number of pyridine rings is 1. The Morgan fingerprint density at radius 1 is 0.971 bits per heavy atom. The Bertz CT molecular complexity index is 1330. The number of aromatic nitrogens is 2. The molecule has 0 spiro atoms. The van der Waals surface area contributed by atoms with Crippen LogP contribution in [0.2, 0.25) is 0 Å². The van der Waals surface area contributed by atoms with Crippen LogP contribution in [0.25, 0.3) is 5.69 Å². The zero-order valence-corrected chi connectivity index (χ0v) is 20.1. The molecule has 2 aromatic heterocycles. The van der Waals surface area contributed by atoms with E-state index < -0.39 is 0 Å². The van der Waals surface area contributed by atoms with Crippen molar-refractivity contribution in [3.63, 3.8) is 0 Å². The number of phenolic OH excluding ortho intramolecular Hbond substituents is 1. The Hall–Kier alpha value is -3.84. The lowest BCUT2D eigenvalue weighted by molar-refractivity contribution is 0.414. The average Bonchev–Trinajstić information content (AvgIpc) is 3.35. The summed E-state index contributed by atoms with van der Waals surface area (Å²) < 4.78 is 7.70. The molecule has 0 unspecified atom stereocenters. The van der Waals surface area contributed by atoms with Crippen molar-refractivity contribution in [3.8, 4) is 17.2 Å². The van der Waals surface area contributed by atoms with E-state index in [0.29, 0.717) is 5.11 Å². The van der Waals surface area contributed by atoms with Crippen molar-refractivity contribution in [2.45, 2.75) is 25.9 Å². The Morgan fingerprint density at radius 2 is 1.76 bits per heavy atom. The topological polar surface area (TPSA) is 62.5 Å². The fourth-order valence-electron chi connectivity index (χ4n) is 4.80. The van der Waals surface area contributed by atoms with Gasteiger partial charge in [0.15, 0.2) is 5.11 Å². The number of aromatic hydroxyl groups is 1. The molecule has 0 saturated carbocycles. The predicted molar refractivity (Wildman–Crippen MR) is 138 cm³/mol. The van der Waals surface area contributed by atoms with Gasteiger partial charge in [-0.1, -0.05) is 12.1 Å². The van der Waals surface area contributed by atoms with Gasteiger partial charge in [-0.2, -0.15) is 0 Å². The number of benzene rings is 2. The number of methoxy groups -OCH3 is 1.